The molecule has 3 rings (SSSR count). The highest BCUT2D eigenvalue weighted by atomic mass is 17.1. The monoisotopic (exact) mass is 369 g/mol. The summed E-state index contributed by atoms with van der Waals surface area (Å²) < 4.78 is 0. The molecule has 5 nitrogen and oxygen atoms in total. The van der Waals surface area contributed by atoms with E-state index < -0.39 is 5.97 Å². The lowest BCUT2D eigenvalue weighted by Crippen LogP contribution is -2.36. The minimum atomic E-state index is -0.598. The molecule has 0 aromatic heterocycles. The number of amides is 1. The summed E-state index contributed by atoms with van der Waals surface area (Å²) >= 11 is 0. The minimum absolute atomic E-state index is 0.0718. The number of hydrogen-bond acceptors (Lipinski definition) is 4. The molecule has 0 bridgehead atoms. The second-order valence-corrected chi connectivity index (χ2v) is 6.62. The average molecular weight is 369 g/mol. The van der Waals surface area contributed by atoms with E-state index in [1.807, 2.05) is 60.7 Å². The van der Waals surface area contributed by atoms with Crippen molar-refractivity contribution >= 4 is 11.9 Å². The Balaban J connectivity index is 0.000000199. The molecule has 1 saturated carbocycles. The van der Waals surface area contributed by atoms with Gasteiger partial charge in [0.25, 0.3) is 5.91 Å². The van der Waals surface area contributed by atoms with Gasteiger partial charge in [-0.3, -0.25) is 4.79 Å². The maximum atomic E-state index is 11.8. The Bertz CT molecular complexity index is 682. The van der Waals surface area contributed by atoms with Crippen LogP contribution in [0.2, 0.25) is 0 Å². The Morgan fingerprint density at radius 1 is 0.926 bits per heavy atom. The van der Waals surface area contributed by atoms with Crippen LogP contribution in [0.15, 0.2) is 60.7 Å². The van der Waals surface area contributed by atoms with Crippen LogP contribution in [-0.4, -0.2) is 23.2 Å². The van der Waals surface area contributed by atoms with Crippen molar-refractivity contribution in [3.63, 3.8) is 0 Å². The van der Waals surface area contributed by atoms with Gasteiger partial charge in [0.05, 0.1) is 6.42 Å². The van der Waals surface area contributed by atoms with Crippen LogP contribution in [0.3, 0.4) is 0 Å². The molecule has 1 aliphatic carbocycles. The lowest BCUT2D eigenvalue weighted by Gasteiger charge is -2.22. The van der Waals surface area contributed by atoms with E-state index >= 15 is 0 Å². The highest BCUT2D eigenvalue weighted by Gasteiger charge is 2.16. The van der Waals surface area contributed by atoms with Crippen LogP contribution >= 0.6 is 0 Å². The summed E-state index contributed by atoms with van der Waals surface area (Å²) in [6.07, 6.45) is 6.90. The van der Waals surface area contributed by atoms with Crippen molar-refractivity contribution in [3.8, 4) is 0 Å². The third-order valence-electron chi connectivity index (χ3n) is 4.54. The molecule has 0 saturated heterocycles. The zero-order chi connectivity index (χ0) is 19.3. The zero-order valence-electron chi connectivity index (χ0n) is 15.5. The highest BCUT2D eigenvalue weighted by Crippen LogP contribution is 2.17. The summed E-state index contributed by atoms with van der Waals surface area (Å²) in [7, 11) is 0. The van der Waals surface area contributed by atoms with Crippen molar-refractivity contribution in [2.45, 2.75) is 51.0 Å². The summed E-state index contributed by atoms with van der Waals surface area (Å²) in [6, 6.07) is 19.4. The Labute approximate surface area is 160 Å². The van der Waals surface area contributed by atoms with Gasteiger partial charge in [0, 0.05) is 11.6 Å². The molecule has 0 atom stereocenters. The van der Waals surface area contributed by atoms with Gasteiger partial charge in [-0.1, -0.05) is 67.8 Å². The molecule has 2 aromatic rings. The molecule has 0 unspecified atom stereocenters. The molecule has 1 fully saturated rings. The van der Waals surface area contributed by atoms with E-state index in [9.17, 15) is 9.59 Å². The van der Waals surface area contributed by atoms with Gasteiger partial charge in [0.2, 0.25) is 0 Å². The Hall–Kier alpha value is -2.66. The Morgan fingerprint density at radius 3 is 2.11 bits per heavy atom. The first kappa shape index (κ1) is 20.6. The number of carbonyl (C=O) groups is 2. The van der Waals surface area contributed by atoms with Crippen LogP contribution in [0.5, 0.6) is 0 Å². The maximum Gasteiger partial charge on any atom is 0.342 e. The summed E-state index contributed by atoms with van der Waals surface area (Å²) in [6.45, 7) is 0. The molecule has 0 radical (unpaired) electrons. The van der Waals surface area contributed by atoms with Gasteiger partial charge in [-0.05, 0) is 37.0 Å². The first-order chi connectivity index (χ1) is 13.2. The second kappa shape index (κ2) is 11.9. The van der Waals surface area contributed by atoms with Gasteiger partial charge in [-0.2, -0.15) is 5.26 Å². The standard InChI is InChI=1S/C13H17NO.C9H10O3/c15-13(11-7-3-1-4-8-11)14-12-9-5-2-6-10-12;10-9(12-11)7-6-8-4-2-1-3-5-8/h1,3-4,7-8,12H,2,5-6,9-10H2,(H,14,15);1-5,11H,6-7H2. The normalized spacial score (nSPS) is 13.8. The lowest BCUT2D eigenvalue weighted by atomic mass is 9.95. The van der Waals surface area contributed by atoms with E-state index in [1.54, 1.807) is 0 Å². The molecule has 5 heteroatoms. The van der Waals surface area contributed by atoms with Crippen LogP contribution in [0.4, 0.5) is 0 Å². The van der Waals surface area contributed by atoms with Crippen LogP contribution in [0, 0.1) is 0 Å². The summed E-state index contributed by atoms with van der Waals surface area (Å²) in [5.41, 5.74) is 1.82. The number of aryl methyl sites for hydroxylation is 1. The van der Waals surface area contributed by atoms with Crippen LogP contribution in [0.1, 0.15) is 54.4 Å². The average Bonchev–Trinajstić information content (AvgIpc) is 2.74. The molecular weight excluding hydrogens is 342 g/mol. The van der Waals surface area contributed by atoms with Crippen molar-refractivity contribution in [3.05, 3.63) is 71.8 Å². The molecule has 1 amide bonds. The van der Waals surface area contributed by atoms with E-state index in [0.717, 1.165) is 24.0 Å². The molecule has 144 valence electrons. The third-order valence-corrected chi connectivity index (χ3v) is 4.54. The largest absolute Gasteiger partial charge is 0.349 e. The van der Waals surface area contributed by atoms with Crippen LogP contribution in [-0.2, 0) is 16.1 Å². The summed E-state index contributed by atoms with van der Waals surface area (Å²) in [5.74, 6) is -0.527. The quantitative estimate of drug-likeness (QED) is 0.606. The van der Waals surface area contributed by atoms with Crippen molar-refractivity contribution in [2.24, 2.45) is 0 Å². The summed E-state index contributed by atoms with van der Waals surface area (Å²) in [5, 5.41) is 11.1. The molecular formula is C22H27NO4. The Morgan fingerprint density at radius 2 is 1.52 bits per heavy atom. The molecule has 0 spiro atoms. The van der Waals surface area contributed by atoms with Gasteiger partial charge in [-0.15, -0.1) is 0 Å². The van der Waals surface area contributed by atoms with Crippen molar-refractivity contribution in [2.75, 3.05) is 0 Å². The van der Waals surface area contributed by atoms with Crippen LogP contribution in [0.25, 0.3) is 0 Å². The maximum absolute atomic E-state index is 11.8. The third kappa shape index (κ3) is 8.05. The number of carbonyl (C=O) groups excluding carboxylic acids is 2. The van der Waals surface area contributed by atoms with E-state index in [-0.39, 0.29) is 12.3 Å². The van der Waals surface area contributed by atoms with Crippen molar-refractivity contribution < 1.29 is 19.7 Å². The molecule has 0 heterocycles. The van der Waals surface area contributed by atoms with E-state index in [4.69, 9.17) is 5.26 Å². The highest BCUT2D eigenvalue weighted by molar-refractivity contribution is 5.94. The predicted octanol–water partition coefficient (Wildman–Crippen LogP) is 4.38. The van der Waals surface area contributed by atoms with E-state index in [0.29, 0.717) is 12.5 Å². The van der Waals surface area contributed by atoms with Gasteiger partial charge in [-0.25, -0.2) is 4.79 Å². The minimum Gasteiger partial charge on any atom is -0.349 e. The molecule has 27 heavy (non-hydrogen) atoms. The second-order valence-electron chi connectivity index (χ2n) is 6.62. The smallest absolute Gasteiger partial charge is 0.342 e. The SMILES string of the molecule is O=C(CCc1ccccc1)OO.O=C(NC1CCCCC1)c1ccccc1. The first-order valence-corrected chi connectivity index (χ1v) is 9.43. The fraction of sp³-hybridized carbons (Fsp3) is 0.364. The number of rotatable bonds is 5. The van der Waals surface area contributed by atoms with Gasteiger partial charge >= 0.3 is 5.97 Å². The van der Waals surface area contributed by atoms with E-state index in [2.05, 4.69) is 10.2 Å². The number of hydrogen-bond donors (Lipinski definition) is 2. The fourth-order valence-corrected chi connectivity index (χ4v) is 3.04. The fourth-order valence-electron chi connectivity index (χ4n) is 3.04. The van der Waals surface area contributed by atoms with Crippen LogP contribution < -0.4 is 5.32 Å². The van der Waals surface area contributed by atoms with Gasteiger partial charge in [0.15, 0.2) is 0 Å². The molecule has 2 N–H and O–H groups in total. The predicted molar refractivity (Wildman–Crippen MR) is 104 cm³/mol. The first-order valence-electron chi connectivity index (χ1n) is 9.43. The topological polar surface area (TPSA) is 75.6 Å². The Kier molecular flexibility index (Phi) is 9.07. The zero-order valence-corrected chi connectivity index (χ0v) is 15.5. The summed E-state index contributed by atoms with van der Waals surface area (Å²) in [4.78, 5) is 25.8. The lowest BCUT2D eigenvalue weighted by molar-refractivity contribution is -0.234. The van der Waals surface area contributed by atoms with Gasteiger partial charge in [0.1, 0.15) is 0 Å². The van der Waals surface area contributed by atoms with Crippen molar-refractivity contribution in [1.29, 1.82) is 0 Å². The molecule has 1 aliphatic rings. The van der Waals surface area contributed by atoms with E-state index in [1.165, 1.54) is 19.3 Å². The molecule has 2 aromatic carbocycles. The molecule has 0 aliphatic heterocycles. The number of benzene rings is 2. The van der Waals surface area contributed by atoms with Crippen molar-refractivity contribution in [1.82, 2.24) is 5.32 Å². The number of nitrogens with one attached hydrogen (secondary N) is 1. The van der Waals surface area contributed by atoms with Gasteiger partial charge < -0.3 is 10.2 Å².